The summed E-state index contributed by atoms with van der Waals surface area (Å²) in [4.78, 5) is 27.6. The highest BCUT2D eigenvalue weighted by Crippen LogP contribution is 2.63. The molecule has 2 rings (SSSR count). The first-order chi connectivity index (χ1) is 20.5. The van der Waals surface area contributed by atoms with Crippen LogP contribution in [0.15, 0.2) is 26.8 Å². The SMILES string of the molecule is CCCCCCCCNCCNC(=O)C1=C(C(=O)NCCNCCCCCCCC)SC(=C2SC(SC)=C(SC)S2)S1. The third kappa shape index (κ3) is 15.0. The number of rotatable bonds is 24. The molecule has 0 aromatic heterocycles. The van der Waals surface area contributed by atoms with Gasteiger partial charge in [-0.2, -0.15) is 0 Å². The Balaban J connectivity index is 1.85. The van der Waals surface area contributed by atoms with Gasteiger partial charge in [-0.25, -0.2) is 0 Å². The third-order valence-electron chi connectivity index (χ3n) is 6.67. The number of carbonyl (C=O) groups excluding carboxylic acids is 2. The van der Waals surface area contributed by atoms with Crippen molar-refractivity contribution in [2.45, 2.75) is 90.9 Å². The van der Waals surface area contributed by atoms with Gasteiger partial charge >= 0.3 is 0 Å². The van der Waals surface area contributed by atoms with Crippen molar-refractivity contribution in [1.82, 2.24) is 21.3 Å². The van der Waals surface area contributed by atoms with E-state index in [1.807, 2.05) is 0 Å². The van der Waals surface area contributed by atoms with Crippen LogP contribution in [0, 0.1) is 0 Å². The first-order valence-electron chi connectivity index (χ1n) is 15.6. The lowest BCUT2D eigenvalue weighted by Gasteiger charge is -2.09. The molecule has 6 nitrogen and oxygen atoms in total. The van der Waals surface area contributed by atoms with Crippen molar-refractivity contribution in [3.8, 4) is 0 Å². The normalized spacial score (nSPS) is 15.3. The van der Waals surface area contributed by atoms with Crippen molar-refractivity contribution in [2.75, 3.05) is 51.8 Å². The summed E-state index contributed by atoms with van der Waals surface area (Å²) in [5, 5.41) is 13.0. The van der Waals surface area contributed by atoms with Gasteiger partial charge in [0.15, 0.2) is 0 Å². The van der Waals surface area contributed by atoms with E-state index in [0.29, 0.717) is 22.9 Å². The van der Waals surface area contributed by atoms with Crippen LogP contribution in [0.1, 0.15) is 90.9 Å². The lowest BCUT2D eigenvalue weighted by Crippen LogP contribution is -2.35. The Morgan fingerprint density at radius 2 is 0.905 bits per heavy atom. The van der Waals surface area contributed by atoms with Crippen LogP contribution >= 0.6 is 70.6 Å². The molecule has 0 fully saturated rings. The van der Waals surface area contributed by atoms with Crippen LogP contribution in [0.5, 0.6) is 0 Å². The second-order valence-corrected chi connectivity index (χ2v) is 16.9. The lowest BCUT2D eigenvalue weighted by molar-refractivity contribution is -0.119. The van der Waals surface area contributed by atoms with Crippen LogP contribution in [-0.4, -0.2) is 63.6 Å². The smallest absolute Gasteiger partial charge is 0.259 e. The summed E-state index contributed by atoms with van der Waals surface area (Å²) in [5.41, 5.74) is 0. The van der Waals surface area contributed by atoms with E-state index in [0.717, 1.165) is 34.7 Å². The van der Waals surface area contributed by atoms with Gasteiger partial charge in [-0.15, -0.1) is 23.5 Å². The predicted octanol–water partition coefficient (Wildman–Crippen LogP) is 8.27. The fourth-order valence-corrected chi connectivity index (χ4v) is 12.1. The molecule has 0 atom stereocenters. The Labute approximate surface area is 281 Å². The molecular weight excluding hydrogens is 641 g/mol. The summed E-state index contributed by atoms with van der Waals surface area (Å²) >= 11 is 9.89. The first-order valence-corrected chi connectivity index (χ1v) is 21.3. The van der Waals surface area contributed by atoms with E-state index >= 15 is 0 Å². The topological polar surface area (TPSA) is 82.3 Å². The number of hydrogen-bond donors (Lipinski definition) is 4. The molecule has 4 N–H and O–H groups in total. The first kappa shape index (κ1) is 38.4. The number of carbonyl (C=O) groups is 2. The highest BCUT2D eigenvalue weighted by molar-refractivity contribution is 8.42. The van der Waals surface area contributed by atoms with Gasteiger partial charge in [0, 0.05) is 26.2 Å². The van der Waals surface area contributed by atoms with Gasteiger partial charge in [0.1, 0.15) is 0 Å². The largest absolute Gasteiger partial charge is 0.350 e. The van der Waals surface area contributed by atoms with Crippen LogP contribution in [0.25, 0.3) is 0 Å². The molecular formula is C30H52N4O2S6. The van der Waals surface area contributed by atoms with Crippen LogP contribution in [0.2, 0.25) is 0 Å². The molecule has 2 amide bonds. The Morgan fingerprint density at radius 3 is 1.31 bits per heavy atom. The maximum Gasteiger partial charge on any atom is 0.259 e. The van der Waals surface area contributed by atoms with E-state index in [-0.39, 0.29) is 11.8 Å². The van der Waals surface area contributed by atoms with Gasteiger partial charge in [0.25, 0.3) is 11.8 Å². The van der Waals surface area contributed by atoms with E-state index in [1.165, 1.54) is 109 Å². The Kier molecular flexibility index (Phi) is 22.3. The molecule has 2 aliphatic rings. The molecule has 0 aromatic rings. The molecule has 240 valence electrons. The average molecular weight is 693 g/mol. The number of nitrogens with one attached hydrogen (secondary N) is 4. The Morgan fingerprint density at radius 1 is 0.524 bits per heavy atom. The summed E-state index contributed by atoms with van der Waals surface area (Å²) < 4.78 is 4.76. The molecule has 0 unspecified atom stereocenters. The Bertz CT molecular complexity index is 857. The van der Waals surface area contributed by atoms with Gasteiger partial charge < -0.3 is 21.3 Å². The van der Waals surface area contributed by atoms with Gasteiger partial charge in [-0.1, -0.05) is 125 Å². The molecule has 0 saturated heterocycles. The molecule has 0 aromatic carbocycles. The monoisotopic (exact) mass is 692 g/mol. The van der Waals surface area contributed by atoms with Crippen LogP contribution in [0.3, 0.4) is 0 Å². The van der Waals surface area contributed by atoms with Gasteiger partial charge in [-0.05, 0) is 38.4 Å². The maximum absolute atomic E-state index is 13.3. The number of hydrogen-bond acceptors (Lipinski definition) is 10. The van der Waals surface area contributed by atoms with Crippen molar-refractivity contribution in [3.05, 3.63) is 26.8 Å². The minimum atomic E-state index is -0.160. The predicted molar refractivity (Wildman–Crippen MR) is 197 cm³/mol. The highest BCUT2D eigenvalue weighted by Gasteiger charge is 2.35. The highest BCUT2D eigenvalue weighted by atomic mass is 32.3. The number of unbranched alkanes of at least 4 members (excludes halogenated alkanes) is 10. The summed E-state index contributed by atoms with van der Waals surface area (Å²) in [6, 6.07) is 0. The standard InChI is InChI=1S/C30H52N4O2S6/c1-5-7-9-11-13-15-17-31-19-21-33-25(35)23-24(26(36)34-22-20-32-18-16-14-12-10-8-6-2)40-29(39-23)30-41-27(37-3)28(38-4)42-30/h31-32H,5-22H2,1-4H3,(H,33,35)(H,34,36). The minimum absolute atomic E-state index is 0.160. The Hall–Kier alpha value is 0.180. The zero-order valence-electron chi connectivity index (χ0n) is 26.0. The maximum atomic E-state index is 13.3. The van der Waals surface area contributed by atoms with Crippen LogP contribution in [-0.2, 0) is 9.59 Å². The average Bonchev–Trinajstić information content (AvgIpc) is 3.63. The molecule has 12 heteroatoms. The molecule has 2 aliphatic heterocycles. The zero-order valence-corrected chi connectivity index (χ0v) is 30.9. The summed E-state index contributed by atoms with van der Waals surface area (Å²) in [6.07, 6.45) is 19.5. The molecule has 2 heterocycles. The van der Waals surface area contributed by atoms with E-state index in [1.54, 1.807) is 47.0 Å². The molecule has 0 spiro atoms. The van der Waals surface area contributed by atoms with Crippen molar-refractivity contribution in [1.29, 1.82) is 0 Å². The molecule has 0 bridgehead atoms. The van der Waals surface area contributed by atoms with Gasteiger partial charge in [0.2, 0.25) is 0 Å². The van der Waals surface area contributed by atoms with Crippen molar-refractivity contribution < 1.29 is 9.59 Å². The molecule has 0 aliphatic carbocycles. The fraction of sp³-hybridized carbons (Fsp3) is 0.733. The zero-order chi connectivity index (χ0) is 30.4. The summed E-state index contributed by atoms with van der Waals surface area (Å²) in [7, 11) is 0. The fourth-order valence-electron chi connectivity index (χ4n) is 4.29. The molecule has 0 radical (unpaired) electrons. The second kappa shape index (κ2) is 24.4. The summed E-state index contributed by atoms with van der Waals surface area (Å²) in [5.74, 6) is -0.320. The van der Waals surface area contributed by atoms with E-state index in [9.17, 15) is 9.59 Å². The number of amides is 2. The van der Waals surface area contributed by atoms with E-state index in [4.69, 9.17) is 0 Å². The van der Waals surface area contributed by atoms with Crippen molar-refractivity contribution >= 4 is 82.4 Å². The summed E-state index contributed by atoms with van der Waals surface area (Å²) in [6.45, 7) is 8.99. The minimum Gasteiger partial charge on any atom is -0.350 e. The quantitative estimate of drug-likeness (QED) is 0.0743. The third-order valence-corrected chi connectivity index (χ3v) is 15.0. The lowest BCUT2D eigenvalue weighted by atomic mass is 10.1. The second-order valence-electron chi connectivity index (χ2n) is 10.2. The van der Waals surface area contributed by atoms with E-state index < -0.39 is 0 Å². The van der Waals surface area contributed by atoms with Crippen LogP contribution in [0.4, 0.5) is 0 Å². The van der Waals surface area contributed by atoms with E-state index in [2.05, 4.69) is 47.6 Å². The molecule has 0 saturated carbocycles. The van der Waals surface area contributed by atoms with Crippen molar-refractivity contribution in [3.63, 3.8) is 0 Å². The van der Waals surface area contributed by atoms with Crippen molar-refractivity contribution in [2.24, 2.45) is 0 Å². The number of thioether (sulfide) groups is 6. The van der Waals surface area contributed by atoms with Gasteiger partial charge in [0.05, 0.1) is 26.8 Å². The molecule has 42 heavy (non-hydrogen) atoms. The van der Waals surface area contributed by atoms with Crippen LogP contribution < -0.4 is 21.3 Å². The van der Waals surface area contributed by atoms with Gasteiger partial charge in [-0.3, -0.25) is 9.59 Å².